The summed E-state index contributed by atoms with van der Waals surface area (Å²) in [5.74, 6) is 0. The average Bonchev–Trinajstić information content (AvgIpc) is 2.08. The molecule has 0 aromatic heterocycles. The van der Waals surface area contributed by atoms with Gasteiger partial charge in [0.2, 0.25) is 0 Å². The molecule has 0 aliphatic heterocycles. The van der Waals surface area contributed by atoms with E-state index >= 15 is 0 Å². The molecule has 0 spiro atoms. The van der Waals surface area contributed by atoms with Crippen LogP contribution in [0.2, 0.25) is 5.02 Å². The lowest BCUT2D eigenvalue weighted by Gasteiger charge is -2.03. The third kappa shape index (κ3) is 2.75. The lowest BCUT2D eigenvalue weighted by Crippen LogP contribution is -1.87. The number of hydrogen-bond donors (Lipinski definition) is 0. The van der Waals surface area contributed by atoms with Crippen LogP contribution in [0.4, 0.5) is 0 Å². The fraction of sp³-hybridized carbons (Fsp3) is 0.333. The second-order valence-corrected chi connectivity index (χ2v) is 4.50. The van der Waals surface area contributed by atoms with Gasteiger partial charge >= 0.3 is 0 Å². The lowest BCUT2D eigenvalue weighted by molar-refractivity contribution is 0.934. The monoisotopic (exact) mass is 310 g/mol. The minimum absolute atomic E-state index is 0.794. The second-order valence-electron chi connectivity index (χ2n) is 2.51. The minimum atomic E-state index is 0.794. The van der Waals surface area contributed by atoms with Gasteiger partial charge in [-0.3, -0.25) is 0 Å². The Morgan fingerprint density at radius 2 is 2.08 bits per heavy atom. The standard InChI is InChI=1S/C9H9Br2Cl/c10-6-2-4-7-3-1-5-8(12)9(7)11/h1,3,5H,2,4,6H2. The summed E-state index contributed by atoms with van der Waals surface area (Å²) in [6.45, 7) is 0. The highest BCUT2D eigenvalue weighted by Gasteiger charge is 2.02. The number of hydrogen-bond acceptors (Lipinski definition) is 0. The highest BCUT2D eigenvalue weighted by Crippen LogP contribution is 2.26. The van der Waals surface area contributed by atoms with E-state index in [0.717, 1.165) is 27.7 Å². The molecular weight excluding hydrogens is 303 g/mol. The molecule has 1 aromatic carbocycles. The summed E-state index contributed by atoms with van der Waals surface area (Å²) >= 11 is 12.8. The molecule has 0 aliphatic carbocycles. The molecule has 0 bridgehead atoms. The van der Waals surface area contributed by atoms with Gasteiger partial charge in [-0.2, -0.15) is 0 Å². The van der Waals surface area contributed by atoms with Crippen molar-refractivity contribution in [2.75, 3.05) is 5.33 Å². The summed E-state index contributed by atoms with van der Waals surface area (Å²) in [7, 11) is 0. The molecule has 0 aliphatic rings. The molecule has 1 aromatic rings. The fourth-order valence-electron chi connectivity index (χ4n) is 0.999. The number of benzene rings is 1. The van der Waals surface area contributed by atoms with Gasteiger partial charge in [-0.15, -0.1) is 0 Å². The van der Waals surface area contributed by atoms with E-state index in [0.29, 0.717) is 0 Å². The maximum absolute atomic E-state index is 5.93. The van der Waals surface area contributed by atoms with Crippen LogP contribution in [0.15, 0.2) is 22.7 Å². The molecule has 0 atom stereocenters. The Balaban J connectivity index is 2.78. The van der Waals surface area contributed by atoms with Crippen LogP contribution in [0, 0.1) is 0 Å². The van der Waals surface area contributed by atoms with Gasteiger partial charge in [-0.05, 0) is 40.4 Å². The summed E-state index contributed by atoms with van der Waals surface area (Å²) in [5, 5.41) is 1.83. The zero-order valence-electron chi connectivity index (χ0n) is 6.49. The maximum Gasteiger partial charge on any atom is 0.0550 e. The molecule has 0 unspecified atom stereocenters. The van der Waals surface area contributed by atoms with Gasteiger partial charge in [-0.25, -0.2) is 0 Å². The van der Waals surface area contributed by atoms with E-state index in [1.807, 2.05) is 12.1 Å². The first-order chi connectivity index (χ1) is 5.75. The van der Waals surface area contributed by atoms with E-state index in [1.165, 1.54) is 5.56 Å². The van der Waals surface area contributed by atoms with Gasteiger partial charge in [0, 0.05) is 9.80 Å². The third-order valence-corrected chi connectivity index (χ3v) is 3.65. The smallest absolute Gasteiger partial charge is 0.0550 e. The number of rotatable bonds is 3. The van der Waals surface area contributed by atoms with Crippen LogP contribution in [0.1, 0.15) is 12.0 Å². The van der Waals surface area contributed by atoms with Crippen LogP contribution in [0.5, 0.6) is 0 Å². The number of aryl methyl sites for hydroxylation is 1. The topological polar surface area (TPSA) is 0 Å². The van der Waals surface area contributed by atoms with Crippen molar-refractivity contribution in [2.45, 2.75) is 12.8 Å². The Morgan fingerprint density at radius 1 is 1.33 bits per heavy atom. The number of halogens is 3. The largest absolute Gasteiger partial charge is 0.0928 e. The highest BCUT2D eigenvalue weighted by atomic mass is 79.9. The van der Waals surface area contributed by atoms with Crippen molar-refractivity contribution in [3.05, 3.63) is 33.3 Å². The summed E-state index contributed by atoms with van der Waals surface area (Å²) in [6.07, 6.45) is 2.20. The van der Waals surface area contributed by atoms with Crippen molar-refractivity contribution in [3.8, 4) is 0 Å². The van der Waals surface area contributed by atoms with Crippen molar-refractivity contribution < 1.29 is 0 Å². The Hall–Kier alpha value is 0.470. The van der Waals surface area contributed by atoms with E-state index in [2.05, 4.69) is 37.9 Å². The van der Waals surface area contributed by atoms with E-state index in [9.17, 15) is 0 Å². The van der Waals surface area contributed by atoms with Crippen molar-refractivity contribution in [2.24, 2.45) is 0 Å². The molecule has 0 radical (unpaired) electrons. The Bertz CT molecular complexity index is 261. The first kappa shape index (κ1) is 10.6. The molecule has 0 amide bonds. The Kier molecular flexibility index (Phi) is 4.62. The SMILES string of the molecule is Clc1cccc(CCCBr)c1Br. The molecule has 0 nitrogen and oxygen atoms in total. The van der Waals surface area contributed by atoms with Gasteiger partial charge in [0.1, 0.15) is 0 Å². The average molecular weight is 312 g/mol. The predicted octanol–water partition coefficient (Wildman–Crippen LogP) is 4.43. The van der Waals surface area contributed by atoms with E-state index in [1.54, 1.807) is 0 Å². The summed E-state index contributed by atoms with van der Waals surface area (Å²) < 4.78 is 1.03. The second kappa shape index (κ2) is 5.25. The molecule has 66 valence electrons. The zero-order chi connectivity index (χ0) is 8.97. The predicted molar refractivity (Wildman–Crippen MR) is 61.3 cm³/mol. The first-order valence-electron chi connectivity index (χ1n) is 3.74. The van der Waals surface area contributed by atoms with Crippen molar-refractivity contribution in [1.29, 1.82) is 0 Å². The van der Waals surface area contributed by atoms with Gasteiger partial charge in [0.05, 0.1) is 5.02 Å². The molecule has 0 saturated carbocycles. The van der Waals surface area contributed by atoms with E-state index < -0.39 is 0 Å². The van der Waals surface area contributed by atoms with Crippen molar-refractivity contribution >= 4 is 43.5 Å². The summed E-state index contributed by atoms with van der Waals surface area (Å²) in [4.78, 5) is 0. The molecular formula is C9H9Br2Cl. The summed E-state index contributed by atoms with van der Waals surface area (Å²) in [6, 6.07) is 5.97. The normalized spacial score (nSPS) is 10.2. The van der Waals surface area contributed by atoms with Crippen molar-refractivity contribution in [1.82, 2.24) is 0 Å². The van der Waals surface area contributed by atoms with Crippen molar-refractivity contribution in [3.63, 3.8) is 0 Å². The molecule has 1 rings (SSSR count). The van der Waals surface area contributed by atoms with Crippen LogP contribution >= 0.6 is 43.5 Å². The van der Waals surface area contributed by atoms with Crippen LogP contribution < -0.4 is 0 Å². The molecule has 0 N–H and O–H groups in total. The van der Waals surface area contributed by atoms with Gasteiger partial charge in [0.25, 0.3) is 0 Å². The van der Waals surface area contributed by atoms with Crippen LogP contribution in [-0.4, -0.2) is 5.33 Å². The van der Waals surface area contributed by atoms with Crippen LogP contribution in [0.25, 0.3) is 0 Å². The minimum Gasteiger partial charge on any atom is -0.0928 e. The Morgan fingerprint density at radius 3 is 2.75 bits per heavy atom. The van der Waals surface area contributed by atoms with E-state index in [-0.39, 0.29) is 0 Å². The lowest BCUT2D eigenvalue weighted by atomic mass is 10.1. The molecule has 12 heavy (non-hydrogen) atoms. The summed E-state index contributed by atoms with van der Waals surface area (Å²) in [5.41, 5.74) is 1.28. The van der Waals surface area contributed by atoms with Gasteiger partial charge in [-0.1, -0.05) is 39.7 Å². The van der Waals surface area contributed by atoms with E-state index in [4.69, 9.17) is 11.6 Å². The zero-order valence-corrected chi connectivity index (χ0v) is 10.4. The highest BCUT2D eigenvalue weighted by molar-refractivity contribution is 9.10. The quantitative estimate of drug-likeness (QED) is 0.724. The first-order valence-corrected chi connectivity index (χ1v) is 6.04. The number of alkyl halides is 1. The van der Waals surface area contributed by atoms with Gasteiger partial charge in [0.15, 0.2) is 0 Å². The van der Waals surface area contributed by atoms with Crippen LogP contribution in [0.3, 0.4) is 0 Å². The molecule has 0 heterocycles. The molecule has 3 heteroatoms. The maximum atomic E-state index is 5.93. The van der Waals surface area contributed by atoms with Gasteiger partial charge < -0.3 is 0 Å². The van der Waals surface area contributed by atoms with Crippen LogP contribution in [-0.2, 0) is 6.42 Å². The fourth-order valence-corrected chi connectivity index (χ4v) is 1.94. The third-order valence-electron chi connectivity index (χ3n) is 1.61. The molecule has 0 saturated heterocycles. The Labute approximate surface area is 94.6 Å². The molecule has 0 fully saturated rings.